The molecule has 2 aromatic carbocycles. The fraction of sp³-hybridized carbons (Fsp3) is 0.167. The summed E-state index contributed by atoms with van der Waals surface area (Å²) in [6.45, 7) is 2.00. The average molecular weight is 339 g/mol. The van der Waals surface area contributed by atoms with Crippen LogP contribution < -0.4 is 10.1 Å². The highest BCUT2D eigenvalue weighted by molar-refractivity contribution is 7.18. The standard InChI is InChI=1S/C18H17N3O2S/c1-12-5-3-4-6-14(12)11-16(22)19-18-21-20-17(24-18)13-7-9-15(23-2)10-8-13/h3-10H,11H2,1-2H3,(H,19,21,22). The van der Waals surface area contributed by atoms with Crippen LogP contribution in [0.2, 0.25) is 0 Å². The van der Waals surface area contributed by atoms with Gasteiger partial charge < -0.3 is 10.1 Å². The zero-order valence-corrected chi connectivity index (χ0v) is 14.3. The minimum Gasteiger partial charge on any atom is -0.497 e. The zero-order chi connectivity index (χ0) is 16.9. The fourth-order valence-electron chi connectivity index (χ4n) is 2.27. The lowest BCUT2D eigenvalue weighted by Crippen LogP contribution is -2.14. The highest BCUT2D eigenvalue weighted by Gasteiger charge is 2.11. The Labute approximate surface area is 144 Å². The Morgan fingerprint density at radius 3 is 2.58 bits per heavy atom. The second kappa shape index (κ2) is 7.23. The van der Waals surface area contributed by atoms with Crippen molar-refractivity contribution in [1.29, 1.82) is 0 Å². The van der Waals surface area contributed by atoms with Gasteiger partial charge in [-0.05, 0) is 42.3 Å². The third kappa shape index (κ3) is 3.78. The number of nitrogens with zero attached hydrogens (tertiary/aromatic N) is 2. The van der Waals surface area contributed by atoms with Gasteiger partial charge in [0.05, 0.1) is 13.5 Å². The Hall–Kier alpha value is -2.73. The molecule has 1 N–H and O–H groups in total. The van der Waals surface area contributed by atoms with E-state index in [1.54, 1.807) is 7.11 Å². The molecule has 0 aliphatic carbocycles. The minimum atomic E-state index is -0.0956. The summed E-state index contributed by atoms with van der Waals surface area (Å²) in [5, 5.41) is 12.2. The van der Waals surface area contributed by atoms with Gasteiger partial charge in [-0.2, -0.15) is 0 Å². The van der Waals surface area contributed by atoms with Gasteiger partial charge in [0, 0.05) is 5.56 Å². The Bertz CT molecular complexity index is 843. The van der Waals surface area contributed by atoms with Gasteiger partial charge in [0.2, 0.25) is 11.0 Å². The van der Waals surface area contributed by atoms with Gasteiger partial charge in [0.1, 0.15) is 10.8 Å². The number of benzene rings is 2. The number of carbonyl (C=O) groups is 1. The Kier molecular flexibility index (Phi) is 4.86. The van der Waals surface area contributed by atoms with Crippen molar-refractivity contribution in [1.82, 2.24) is 10.2 Å². The molecule has 3 rings (SSSR count). The summed E-state index contributed by atoms with van der Waals surface area (Å²) in [5.41, 5.74) is 3.05. The third-order valence-corrected chi connectivity index (χ3v) is 4.51. The van der Waals surface area contributed by atoms with Crippen LogP contribution in [0.25, 0.3) is 10.6 Å². The number of hydrogen-bond donors (Lipinski definition) is 1. The number of aryl methyl sites for hydroxylation is 1. The van der Waals surface area contributed by atoms with Gasteiger partial charge in [-0.15, -0.1) is 10.2 Å². The first-order valence-corrected chi connectivity index (χ1v) is 8.29. The molecule has 3 aromatic rings. The first kappa shape index (κ1) is 16.1. The fourth-order valence-corrected chi connectivity index (χ4v) is 3.03. The lowest BCUT2D eigenvalue weighted by atomic mass is 10.1. The van der Waals surface area contributed by atoms with E-state index in [9.17, 15) is 4.79 Å². The second-order valence-electron chi connectivity index (χ2n) is 5.29. The van der Waals surface area contributed by atoms with Gasteiger partial charge in [-0.3, -0.25) is 4.79 Å². The first-order valence-electron chi connectivity index (χ1n) is 7.48. The molecule has 0 unspecified atom stereocenters. The lowest BCUT2D eigenvalue weighted by Gasteiger charge is -2.04. The maximum Gasteiger partial charge on any atom is 0.230 e. The molecular weight excluding hydrogens is 322 g/mol. The molecule has 0 fully saturated rings. The molecule has 0 bridgehead atoms. The number of hydrogen-bond acceptors (Lipinski definition) is 5. The topological polar surface area (TPSA) is 64.1 Å². The molecule has 0 radical (unpaired) electrons. The van der Waals surface area contributed by atoms with E-state index in [0.717, 1.165) is 27.4 Å². The van der Waals surface area contributed by atoms with Crippen LogP contribution >= 0.6 is 11.3 Å². The lowest BCUT2D eigenvalue weighted by molar-refractivity contribution is -0.115. The number of rotatable bonds is 5. The smallest absolute Gasteiger partial charge is 0.230 e. The summed E-state index contributed by atoms with van der Waals surface area (Å²) in [6.07, 6.45) is 0.324. The number of aromatic nitrogens is 2. The van der Waals surface area contributed by atoms with Crippen molar-refractivity contribution in [3.63, 3.8) is 0 Å². The number of anilines is 1. The predicted molar refractivity (Wildman–Crippen MR) is 95.4 cm³/mol. The molecule has 1 amide bonds. The van der Waals surface area contributed by atoms with Crippen LogP contribution in [-0.4, -0.2) is 23.2 Å². The molecule has 0 atom stereocenters. The summed E-state index contributed by atoms with van der Waals surface area (Å²) < 4.78 is 5.14. The van der Waals surface area contributed by atoms with E-state index in [1.165, 1.54) is 11.3 Å². The third-order valence-electron chi connectivity index (χ3n) is 3.62. The summed E-state index contributed by atoms with van der Waals surface area (Å²) in [7, 11) is 1.63. The van der Waals surface area contributed by atoms with Crippen LogP contribution in [0, 0.1) is 6.92 Å². The summed E-state index contributed by atoms with van der Waals surface area (Å²) >= 11 is 1.35. The molecule has 24 heavy (non-hydrogen) atoms. The van der Waals surface area contributed by atoms with Crippen LogP contribution in [0.1, 0.15) is 11.1 Å². The summed E-state index contributed by atoms with van der Waals surface area (Å²) in [4.78, 5) is 12.2. The Morgan fingerprint density at radius 2 is 1.88 bits per heavy atom. The summed E-state index contributed by atoms with van der Waals surface area (Å²) in [5.74, 6) is 0.691. The maximum absolute atomic E-state index is 12.2. The number of ether oxygens (including phenoxy) is 1. The van der Waals surface area contributed by atoms with Gasteiger partial charge >= 0.3 is 0 Å². The normalized spacial score (nSPS) is 10.4. The van der Waals surface area contributed by atoms with E-state index in [4.69, 9.17) is 4.74 Å². The van der Waals surface area contributed by atoms with Crippen molar-refractivity contribution in [3.8, 4) is 16.3 Å². The van der Waals surface area contributed by atoms with Gasteiger partial charge in [0.25, 0.3) is 0 Å². The highest BCUT2D eigenvalue weighted by atomic mass is 32.1. The average Bonchev–Trinajstić information content (AvgIpc) is 3.05. The van der Waals surface area contributed by atoms with Crippen molar-refractivity contribution >= 4 is 22.4 Å². The Balaban J connectivity index is 1.67. The van der Waals surface area contributed by atoms with Crippen LogP contribution in [0.3, 0.4) is 0 Å². The minimum absolute atomic E-state index is 0.0956. The molecular formula is C18H17N3O2S. The molecule has 0 saturated heterocycles. The molecule has 0 aliphatic heterocycles. The van der Waals surface area contributed by atoms with Crippen LogP contribution in [0.15, 0.2) is 48.5 Å². The van der Waals surface area contributed by atoms with Gasteiger partial charge in [0.15, 0.2) is 0 Å². The number of methoxy groups -OCH3 is 1. The molecule has 6 heteroatoms. The van der Waals surface area contributed by atoms with E-state index in [0.29, 0.717) is 11.6 Å². The van der Waals surface area contributed by atoms with Crippen molar-refractivity contribution in [2.45, 2.75) is 13.3 Å². The quantitative estimate of drug-likeness (QED) is 0.770. The number of amides is 1. The SMILES string of the molecule is COc1ccc(-c2nnc(NC(=O)Cc3ccccc3C)s2)cc1. The molecule has 0 aliphatic rings. The van der Waals surface area contributed by atoms with Gasteiger partial charge in [-0.1, -0.05) is 35.6 Å². The molecule has 1 heterocycles. The zero-order valence-electron chi connectivity index (χ0n) is 13.4. The van der Waals surface area contributed by atoms with E-state index < -0.39 is 0 Å². The van der Waals surface area contributed by atoms with Crippen LogP contribution in [0.5, 0.6) is 5.75 Å². The highest BCUT2D eigenvalue weighted by Crippen LogP contribution is 2.27. The van der Waals surface area contributed by atoms with E-state index >= 15 is 0 Å². The van der Waals surface area contributed by atoms with Crippen LogP contribution in [0.4, 0.5) is 5.13 Å². The maximum atomic E-state index is 12.2. The Morgan fingerprint density at radius 1 is 1.12 bits per heavy atom. The van der Waals surface area contributed by atoms with Crippen molar-refractivity contribution < 1.29 is 9.53 Å². The molecule has 5 nitrogen and oxygen atoms in total. The number of nitrogens with one attached hydrogen (secondary N) is 1. The number of carbonyl (C=O) groups excluding carboxylic acids is 1. The van der Waals surface area contributed by atoms with E-state index in [1.807, 2.05) is 55.5 Å². The van der Waals surface area contributed by atoms with Crippen LogP contribution in [-0.2, 0) is 11.2 Å². The predicted octanol–water partition coefficient (Wildman–Crippen LogP) is 3.70. The van der Waals surface area contributed by atoms with E-state index in [2.05, 4.69) is 15.5 Å². The van der Waals surface area contributed by atoms with Gasteiger partial charge in [-0.25, -0.2) is 0 Å². The molecule has 1 aromatic heterocycles. The van der Waals surface area contributed by atoms with Crippen molar-refractivity contribution in [3.05, 3.63) is 59.7 Å². The molecule has 0 spiro atoms. The monoisotopic (exact) mass is 339 g/mol. The second-order valence-corrected chi connectivity index (χ2v) is 6.27. The molecule has 122 valence electrons. The largest absolute Gasteiger partial charge is 0.497 e. The molecule has 0 saturated carbocycles. The summed E-state index contributed by atoms with van der Waals surface area (Å²) in [6, 6.07) is 15.4. The van der Waals surface area contributed by atoms with Crippen molar-refractivity contribution in [2.75, 3.05) is 12.4 Å². The first-order chi connectivity index (χ1) is 11.7. The van der Waals surface area contributed by atoms with E-state index in [-0.39, 0.29) is 5.91 Å². The van der Waals surface area contributed by atoms with Crippen molar-refractivity contribution in [2.24, 2.45) is 0 Å².